The van der Waals surface area contributed by atoms with E-state index in [1.54, 1.807) is 0 Å². The molecule has 0 aromatic heterocycles. The normalized spacial score (nSPS) is 31.0. The second kappa shape index (κ2) is 6.12. The third kappa shape index (κ3) is 3.69. The minimum absolute atomic E-state index is 0.125. The number of urea groups is 1. The van der Waals surface area contributed by atoms with E-state index in [1.165, 1.54) is 4.31 Å². The van der Waals surface area contributed by atoms with Crippen LogP contribution in [0.1, 0.15) is 51.4 Å². The lowest BCUT2D eigenvalue weighted by molar-refractivity contribution is 0.241. The third-order valence-electron chi connectivity index (χ3n) is 5.14. The summed E-state index contributed by atoms with van der Waals surface area (Å²) in [6, 6.07) is -0.445. The van der Waals surface area contributed by atoms with Crippen molar-refractivity contribution >= 4 is 16.2 Å². The molecule has 0 unspecified atom stereocenters. The Bertz CT molecular complexity index is 466. The molecule has 0 atom stereocenters. The first-order valence-electron chi connectivity index (χ1n) is 8.11. The van der Waals surface area contributed by atoms with Crippen molar-refractivity contribution in [1.29, 1.82) is 0 Å². The number of amides is 2. The van der Waals surface area contributed by atoms with Gasteiger partial charge in [-0.2, -0.15) is 12.7 Å². The molecule has 2 saturated carbocycles. The van der Waals surface area contributed by atoms with Crippen LogP contribution < -0.4 is 10.0 Å². The molecule has 2 amide bonds. The second-order valence-electron chi connectivity index (χ2n) is 6.77. The first-order valence-corrected chi connectivity index (χ1v) is 9.55. The van der Waals surface area contributed by atoms with Gasteiger partial charge in [0.2, 0.25) is 0 Å². The predicted molar refractivity (Wildman–Crippen MR) is 79.9 cm³/mol. The highest BCUT2D eigenvalue weighted by Crippen LogP contribution is 2.34. The van der Waals surface area contributed by atoms with Gasteiger partial charge in [0.05, 0.1) is 0 Å². The Kier molecular flexibility index (Phi) is 4.40. The zero-order chi connectivity index (χ0) is 14.9. The Morgan fingerprint density at radius 2 is 1.43 bits per heavy atom. The molecule has 0 radical (unpaired) electrons. The summed E-state index contributed by atoms with van der Waals surface area (Å²) in [5.41, 5.74) is 0. The van der Waals surface area contributed by atoms with E-state index in [2.05, 4.69) is 10.0 Å². The maximum Gasteiger partial charge on any atom is 0.329 e. The van der Waals surface area contributed by atoms with Gasteiger partial charge >= 0.3 is 16.2 Å². The Hall–Kier alpha value is -0.820. The maximum absolute atomic E-state index is 12.4. The van der Waals surface area contributed by atoms with E-state index in [9.17, 15) is 13.2 Å². The molecule has 2 heterocycles. The summed E-state index contributed by atoms with van der Waals surface area (Å²) in [4.78, 5) is 11.9. The highest BCUT2D eigenvalue weighted by molar-refractivity contribution is 7.87. The number of hydrogen-bond donors (Lipinski definition) is 2. The molecule has 4 aliphatic rings. The van der Waals surface area contributed by atoms with Gasteiger partial charge < -0.3 is 5.32 Å². The van der Waals surface area contributed by atoms with Gasteiger partial charge in [-0.25, -0.2) is 9.52 Å². The lowest BCUT2D eigenvalue weighted by atomic mass is 9.84. The number of fused-ring (bicyclic) bond motifs is 4. The molecule has 4 fully saturated rings. The average Bonchev–Trinajstić information content (AvgIpc) is 2.73. The van der Waals surface area contributed by atoms with E-state index in [0.717, 1.165) is 51.4 Å². The van der Waals surface area contributed by atoms with Gasteiger partial charge in [0.25, 0.3) is 0 Å². The highest BCUT2D eigenvalue weighted by atomic mass is 32.2. The zero-order valence-corrected chi connectivity index (χ0v) is 13.2. The van der Waals surface area contributed by atoms with Crippen molar-refractivity contribution in [3.05, 3.63) is 0 Å². The van der Waals surface area contributed by atoms with Gasteiger partial charge in [0.15, 0.2) is 0 Å². The molecule has 2 bridgehead atoms. The zero-order valence-electron chi connectivity index (χ0n) is 12.4. The van der Waals surface area contributed by atoms with Crippen molar-refractivity contribution in [2.24, 2.45) is 11.8 Å². The largest absolute Gasteiger partial charge is 0.335 e. The van der Waals surface area contributed by atoms with Crippen molar-refractivity contribution in [3.8, 4) is 0 Å². The van der Waals surface area contributed by atoms with Crippen LogP contribution >= 0.6 is 0 Å². The molecule has 120 valence electrons. The van der Waals surface area contributed by atoms with Gasteiger partial charge in [-0.05, 0) is 50.4 Å². The van der Waals surface area contributed by atoms with Crippen molar-refractivity contribution in [3.63, 3.8) is 0 Å². The third-order valence-corrected chi connectivity index (χ3v) is 6.56. The van der Waals surface area contributed by atoms with Crippen LogP contribution in [0, 0.1) is 11.8 Å². The van der Waals surface area contributed by atoms with Gasteiger partial charge in [0.1, 0.15) is 0 Å². The Balaban J connectivity index is 1.59. The van der Waals surface area contributed by atoms with Crippen molar-refractivity contribution < 1.29 is 13.2 Å². The summed E-state index contributed by atoms with van der Waals surface area (Å²) in [5.74, 6) is 0.913. The first kappa shape index (κ1) is 15.1. The van der Waals surface area contributed by atoms with Crippen molar-refractivity contribution in [2.45, 2.75) is 57.4 Å². The average molecular weight is 315 g/mol. The van der Waals surface area contributed by atoms with Crippen LogP contribution in [-0.4, -0.2) is 37.9 Å². The van der Waals surface area contributed by atoms with Crippen LogP contribution in [0.5, 0.6) is 0 Å². The monoisotopic (exact) mass is 315 g/mol. The van der Waals surface area contributed by atoms with Crippen LogP contribution in [0.4, 0.5) is 4.79 Å². The minimum Gasteiger partial charge on any atom is -0.335 e. The molecule has 0 aromatic rings. The number of rotatable bonds is 3. The van der Waals surface area contributed by atoms with Crippen molar-refractivity contribution in [1.82, 2.24) is 14.3 Å². The molecule has 6 nitrogen and oxygen atoms in total. The molecule has 2 N–H and O–H groups in total. The fourth-order valence-corrected chi connectivity index (χ4v) is 5.15. The van der Waals surface area contributed by atoms with Crippen LogP contribution in [0.3, 0.4) is 0 Å². The number of carbonyl (C=O) groups is 1. The Labute approximate surface area is 126 Å². The summed E-state index contributed by atoms with van der Waals surface area (Å²) >= 11 is 0. The van der Waals surface area contributed by atoms with E-state index >= 15 is 0 Å². The Morgan fingerprint density at radius 1 is 0.905 bits per heavy atom. The van der Waals surface area contributed by atoms with Gasteiger partial charge in [0, 0.05) is 19.1 Å². The molecule has 4 rings (SSSR count). The number of hydrogen-bond acceptors (Lipinski definition) is 3. The molecule has 0 aromatic carbocycles. The fraction of sp³-hybridized carbons (Fsp3) is 0.929. The van der Waals surface area contributed by atoms with E-state index in [1.807, 2.05) is 0 Å². The topological polar surface area (TPSA) is 78.5 Å². The fourth-order valence-electron chi connectivity index (χ4n) is 3.91. The van der Waals surface area contributed by atoms with Crippen LogP contribution in [0.15, 0.2) is 0 Å². The first-order chi connectivity index (χ1) is 10.0. The van der Waals surface area contributed by atoms with Gasteiger partial charge in [-0.15, -0.1) is 0 Å². The molecule has 21 heavy (non-hydrogen) atoms. The lowest BCUT2D eigenvalue weighted by Crippen LogP contribution is -2.50. The van der Waals surface area contributed by atoms with E-state index in [4.69, 9.17) is 0 Å². The molecule has 2 aliphatic carbocycles. The number of nitrogens with one attached hydrogen (secondary N) is 2. The standard InChI is InChI=1S/C14H25N3O3S/c18-14(15-13-3-1-2-4-13)16-21(19,20)17-9-11-5-6-12(10-17)8-7-11/h11-13H,1-10H2,(H2,15,16,18). The van der Waals surface area contributed by atoms with Crippen LogP contribution in [0.2, 0.25) is 0 Å². The van der Waals surface area contributed by atoms with Gasteiger partial charge in [-0.3, -0.25) is 0 Å². The predicted octanol–water partition coefficient (Wildman–Crippen LogP) is 1.59. The number of carbonyl (C=O) groups excluding carboxylic acids is 1. The van der Waals surface area contributed by atoms with E-state index in [-0.39, 0.29) is 6.04 Å². The summed E-state index contributed by atoms with van der Waals surface area (Å²) in [7, 11) is -3.70. The number of nitrogens with zero attached hydrogens (tertiary/aromatic N) is 1. The summed E-state index contributed by atoms with van der Waals surface area (Å²) in [5, 5.41) is 2.77. The van der Waals surface area contributed by atoms with E-state index < -0.39 is 16.2 Å². The summed E-state index contributed by atoms with van der Waals surface area (Å²) in [6.45, 7) is 1.12. The van der Waals surface area contributed by atoms with Gasteiger partial charge in [-0.1, -0.05) is 12.8 Å². The smallest absolute Gasteiger partial charge is 0.329 e. The molecule has 7 heteroatoms. The molecular weight excluding hydrogens is 290 g/mol. The lowest BCUT2D eigenvalue weighted by Gasteiger charge is -2.23. The van der Waals surface area contributed by atoms with Crippen LogP contribution in [-0.2, 0) is 10.2 Å². The summed E-state index contributed by atoms with van der Waals surface area (Å²) in [6.07, 6.45) is 8.56. The second-order valence-corrected chi connectivity index (χ2v) is 8.44. The Morgan fingerprint density at radius 3 is 1.95 bits per heavy atom. The van der Waals surface area contributed by atoms with Crippen molar-refractivity contribution in [2.75, 3.05) is 13.1 Å². The molecular formula is C14H25N3O3S. The molecule has 2 aliphatic heterocycles. The highest BCUT2D eigenvalue weighted by Gasteiger charge is 2.35. The minimum atomic E-state index is -3.70. The SMILES string of the molecule is O=C(NC1CCCC1)NS(=O)(=O)N1CC2CCC(CC2)C1. The molecule has 2 saturated heterocycles. The quantitative estimate of drug-likeness (QED) is 0.830. The summed E-state index contributed by atoms with van der Waals surface area (Å²) < 4.78 is 28.5. The van der Waals surface area contributed by atoms with Crippen LogP contribution in [0.25, 0.3) is 0 Å². The maximum atomic E-state index is 12.4. The molecule has 0 spiro atoms. The van der Waals surface area contributed by atoms with E-state index in [0.29, 0.717) is 24.9 Å².